The van der Waals surface area contributed by atoms with Crippen molar-refractivity contribution in [2.45, 2.75) is 33.7 Å². The van der Waals surface area contributed by atoms with Crippen LogP contribution in [0.4, 0.5) is 0 Å². The maximum absolute atomic E-state index is 4.07. The van der Waals surface area contributed by atoms with E-state index in [1.807, 2.05) is 0 Å². The Morgan fingerprint density at radius 2 is 1.62 bits per heavy atom. The number of nitrogens with zero attached hydrogens (tertiary/aromatic N) is 1. The van der Waals surface area contributed by atoms with Crippen LogP contribution in [0.1, 0.15) is 27.7 Å². The molecule has 0 saturated heterocycles. The summed E-state index contributed by atoms with van der Waals surface area (Å²) in [5, 5.41) is 0. The molecule has 0 fully saturated rings. The van der Waals surface area contributed by atoms with Crippen molar-refractivity contribution in [3.8, 4) is 6.07 Å². The minimum Gasteiger partial charge on any atom is -0.0808 e. The summed E-state index contributed by atoms with van der Waals surface area (Å²) in [5.41, 5.74) is 0. The van der Waals surface area contributed by atoms with E-state index in [0.29, 0.717) is 12.0 Å². The van der Waals surface area contributed by atoms with E-state index in [-0.39, 0.29) is 0 Å². The van der Waals surface area contributed by atoms with E-state index >= 15 is 0 Å². The van der Waals surface area contributed by atoms with E-state index in [1.165, 1.54) is 0 Å². The zero-order chi connectivity index (χ0) is 6.57. The van der Waals surface area contributed by atoms with Crippen molar-refractivity contribution < 1.29 is 0 Å². The molecule has 46 valence electrons. The van der Waals surface area contributed by atoms with Crippen LogP contribution in [0.15, 0.2) is 0 Å². The first kappa shape index (κ1) is 7.49. The fraction of sp³-hybridized carbons (Fsp3) is 0.857. The van der Waals surface area contributed by atoms with Crippen LogP contribution in [-0.2, 0) is 0 Å². The van der Waals surface area contributed by atoms with Crippen LogP contribution in [0.3, 0.4) is 0 Å². The number of rotatable bonds is 0. The summed E-state index contributed by atoms with van der Waals surface area (Å²) in [5.74, 6) is 0.470. The third-order valence-corrected chi connectivity index (χ3v) is 0.591. The van der Waals surface area contributed by atoms with Gasteiger partial charge in [0.05, 0.1) is 5.92 Å². The summed E-state index contributed by atoms with van der Waals surface area (Å²) in [6.07, 6.45) is 0. The van der Waals surface area contributed by atoms with Gasteiger partial charge in [0, 0.05) is 13.8 Å². The van der Waals surface area contributed by atoms with Gasteiger partial charge in [-0.05, 0) is 13.8 Å². The van der Waals surface area contributed by atoms with Crippen molar-refractivity contribution >= 4 is 0 Å². The molecule has 0 heterocycles. The molecule has 0 aromatic rings. The minimum absolute atomic E-state index is 0.400. The first-order valence-corrected chi connectivity index (χ1v) is 3.08. The molecule has 0 aliphatic heterocycles. The molecule has 0 aromatic heterocycles. The maximum atomic E-state index is 4.07. The number of hydrogen-bond donors (Lipinski definition) is 0. The van der Waals surface area contributed by atoms with E-state index in [9.17, 15) is 0 Å². The maximum Gasteiger partial charge on any atom is 0.276 e. The fourth-order valence-corrected chi connectivity index (χ4v) is 0.298. The van der Waals surface area contributed by atoms with Crippen LogP contribution in [0.25, 0.3) is 4.85 Å². The molecule has 0 spiro atoms. The Hall–Kier alpha value is -0.510. The van der Waals surface area contributed by atoms with Gasteiger partial charge in [-0.1, -0.05) is 4.85 Å². The topological polar surface area (TPSA) is 4.36 Å². The predicted octanol–water partition coefficient (Wildman–Crippen LogP) is 2.38. The molecule has 0 atom stereocenters. The lowest BCUT2D eigenvalue weighted by molar-refractivity contribution is 0.853. The lowest BCUT2D eigenvalue weighted by Gasteiger charge is -1.76. The largest absolute Gasteiger partial charge is 0.276 e. The van der Waals surface area contributed by atoms with Gasteiger partial charge in [-0.2, -0.15) is 0 Å². The van der Waals surface area contributed by atoms with Crippen LogP contribution < -0.4 is 0 Å². The molecule has 0 radical (unpaired) electrons. The number of hydrogen-bond acceptors (Lipinski definition) is 0. The molecule has 0 rings (SSSR count). The zero-order valence-corrected chi connectivity index (χ0v) is 6.10. The van der Waals surface area contributed by atoms with Crippen molar-refractivity contribution in [3.63, 3.8) is 0 Å². The predicted molar refractivity (Wildman–Crippen MR) is 37.2 cm³/mol. The summed E-state index contributed by atoms with van der Waals surface area (Å²) in [7, 11) is 0. The standard InChI is InChI=1S/C7H14N/c1-6(2)5-8-7(3)4/h6-7H,1-4H3/q+1. The second-order valence-electron chi connectivity index (χ2n) is 2.51. The second kappa shape index (κ2) is 3.49. The Kier molecular flexibility index (Phi) is 3.26. The van der Waals surface area contributed by atoms with Crippen LogP contribution >= 0.6 is 0 Å². The van der Waals surface area contributed by atoms with Gasteiger partial charge in [0.25, 0.3) is 12.1 Å². The SMILES string of the molecule is CC(C)C#[N+]C(C)C. The van der Waals surface area contributed by atoms with E-state index in [1.54, 1.807) is 0 Å². The third kappa shape index (κ3) is 5.49. The van der Waals surface area contributed by atoms with Crippen LogP contribution in [0.5, 0.6) is 0 Å². The highest BCUT2D eigenvalue weighted by atomic mass is 14.7. The van der Waals surface area contributed by atoms with Gasteiger partial charge in [0.15, 0.2) is 0 Å². The first-order valence-electron chi connectivity index (χ1n) is 3.08. The second-order valence-corrected chi connectivity index (χ2v) is 2.51. The van der Waals surface area contributed by atoms with Crippen molar-refractivity contribution in [2.24, 2.45) is 5.92 Å². The molecule has 1 heteroatoms. The average molecular weight is 112 g/mol. The minimum atomic E-state index is 0.400. The van der Waals surface area contributed by atoms with E-state index in [0.717, 1.165) is 0 Å². The zero-order valence-electron chi connectivity index (χ0n) is 6.10. The molecule has 0 saturated carbocycles. The van der Waals surface area contributed by atoms with Crippen molar-refractivity contribution in [1.82, 2.24) is 0 Å². The molecule has 0 aliphatic carbocycles. The Balaban J connectivity index is 3.50. The van der Waals surface area contributed by atoms with E-state index < -0.39 is 0 Å². The van der Waals surface area contributed by atoms with Gasteiger partial charge in [0.1, 0.15) is 0 Å². The summed E-state index contributed by atoms with van der Waals surface area (Å²) >= 11 is 0. The summed E-state index contributed by atoms with van der Waals surface area (Å²) in [4.78, 5) is 4.07. The van der Waals surface area contributed by atoms with Gasteiger partial charge < -0.3 is 0 Å². The van der Waals surface area contributed by atoms with Crippen LogP contribution in [0.2, 0.25) is 0 Å². The molecular formula is C7H14N+. The van der Waals surface area contributed by atoms with Gasteiger partial charge >= 0.3 is 0 Å². The molecule has 0 amide bonds. The highest BCUT2D eigenvalue weighted by Gasteiger charge is 1.97. The van der Waals surface area contributed by atoms with Gasteiger partial charge in [-0.25, -0.2) is 0 Å². The van der Waals surface area contributed by atoms with Crippen molar-refractivity contribution in [3.05, 3.63) is 4.85 Å². The Morgan fingerprint density at radius 1 is 1.12 bits per heavy atom. The fourth-order valence-electron chi connectivity index (χ4n) is 0.298. The van der Waals surface area contributed by atoms with Gasteiger partial charge in [-0.3, -0.25) is 0 Å². The molecule has 1 nitrogen and oxygen atoms in total. The molecule has 0 bridgehead atoms. The highest BCUT2D eigenvalue weighted by Crippen LogP contribution is 1.90. The molecule has 0 unspecified atom stereocenters. The summed E-state index contributed by atoms with van der Waals surface area (Å²) in [6, 6.07) is 3.37. The molecule has 0 N–H and O–H groups in total. The van der Waals surface area contributed by atoms with Crippen LogP contribution in [-0.4, -0.2) is 6.04 Å². The van der Waals surface area contributed by atoms with E-state index in [4.69, 9.17) is 0 Å². The Morgan fingerprint density at radius 3 is 1.75 bits per heavy atom. The molecular weight excluding hydrogens is 98.1 g/mol. The van der Waals surface area contributed by atoms with Crippen LogP contribution in [0, 0.1) is 12.0 Å². The Bertz CT molecular complexity index is 91.3. The smallest absolute Gasteiger partial charge is 0.0808 e. The lowest BCUT2D eigenvalue weighted by atomic mass is 10.3. The normalized spacial score (nSPS) is 9.25. The third-order valence-electron chi connectivity index (χ3n) is 0.591. The molecule has 0 aliphatic rings. The van der Waals surface area contributed by atoms with Gasteiger partial charge in [-0.15, -0.1) is 0 Å². The average Bonchev–Trinajstić information content (AvgIpc) is 1.61. The summed E-state index contributed by atoms with van der Waals surface area (Å²) < 4.78 is 0. The van der Waals surface area contributed by atoms with E-state index in [2.05, 4.69) is 38.6 Å². The van der Waals surface area contributed by atoms with Gasteiger partial charge in [0.2, 0.25) is 0 Å². The van der Waals surface area contributed by atoms with Crippen molar-refractivity contribution in [1.29, 1.82) is 0 Å². The lowest BCUT2D eigenvalue weighted by Crippen LogP contribution is -1.84. The molecule has 8 heavy (non-hydrogen) atoms. The first-order chi connectivity index (χ1) is 3.63. The highest BCUT2D eigenvalue weighted by molar-refractivity contribution is 4.91. The summed E-state index contributed by atoms with van der Waals surface area (Å²) in [6.45, 7) is 8.25. The monoisotopic (exact) mass is 112 g/mol. The quantitative estimate of drug-likeness (QED) is 0.453. The van der Waals surface area contributed by atoms with Crippen molar-refractivity contribution in [2.75, 3.05) is 0 Å². The molecule has 0 aromatic carbocycles. The Labute approximate surface area is 51.5 Å².